The van der Waals surface area contributed by atoms with E-state index < -0.39 is 0 Å². The molecule has 0 aromatic heterocycles. The van der Waals surface area contributed by atoms with Crippen molar-refractivity contribution in [2.75, 3.05) is 26.2 Å². The lowest BCUT2D eigenvalue weighted by Crippen LogP contribution is -2.47. The van der Waals surface area contributed by atoms with E-state index in [-0.39, 0.29) is 6.09 Å². The van der Waals surface area contributed by atoms with Gasteiger partial charge in [-0.05, 0) is 24.1 Å². The molecule has 1 aromatic carbocycles. The number of nitrogens with zero attached hydrogens (tertiary/aromatic N) is 1. The topological polar surface area (TPSA) is 41.6 Å². The highest BCUT2D eigenvalue weighted by Gasteiger charge is 2.17. The molecular weight excluding hydrogens is 216 g/mol. The summed E-state index contributed by atoms with van der Waals surface area (Å²) in [6.07, 6.45) is 0.693. The highest BCUT2D eigenvalue weighted by molar-refractivity contribution is 5.70. The number of hydrogen-bond donors (Lipinski definition) is 1. The highest BCUT2D eigenvalue weighted by atomic mass is 16.6. The summed E-state index contributed by atoms with van der Waals surface area (Å²) in [5, 5.41) is 3.20. The number of aryl methyl sites for hydroxylation is 1. The van der Waals surface area contributed by atoms with Crippen LogP contribution in [0.3, 0.4) is 0 Å². The number of ether oxygens (including phenoxy) is 1. The first-order valence-electron chi connectivity index (χ1n) is 6.06. The molecule has 0 unspecified atom stereocenters. The summed E-state index contributed by atoms with van der Waals surface area (Å²) < 4.78 is 5.36. The van der Waals surface area contributed by atoms with Gasteiger partial charge in [0.05, 0.1) is 0 Å². The number of hydrogen-bond acceptors (Lipinski definition) is 3. The van der Waals surface area contributed by atoms with Crippen molar-refractivity contribution < 1.29 is 9.53 Å². The van der Waals surface area contributed by atoms with E-state index in [2.05, 4.69) is 12.2 Å². The first kappa shape index (κ1) is 11.9. The molecule has 0 atom stereocenters. The molecule has 1 aromatic rings. The number of piperazine rings is 1. The zero-order valence-corrected chi connectivity index (χ0v) is 10.1. The van der Waals surface area contributed by atoms with Gasteiger partial charge in [-0.25, -0.2) is 4.79 Å². The lowest BCUT2D eigenvalue weighted by Gasteiger charge is -2.26. The van der Waals surface area contributed by atoms with Gasteiger partial charge in [-0.15, -0.1) is 0 Å². The fourth-order valence-corrected chi connectivity index (χ4v) is 1.84. The molecule has 4 heteroatoms. The van der Waals surface area contributed by atoms with Gasteiger partial charge in [0, 0.05) is 26.2 Å². The summed E-state index contributed by atoms with van der Waals surface area (Å²) in [7, 11) is 0. The van der Waals surface area contributed by atoms with Crippen LogP contribution in [0, 0.1) is 0 Å². The summed E-state index contributed by atoms with van der Waals surface area (Å²) in [6, 6.07) is 7.68. The molecule has 1 saturated heterocycles. The third kappa shape index (κ3) is 3.20. The third-order valence-corrected chi connectivity index (χ3v) is 2.89. The van der Waals surface area contributed by atoms with E-state index in [1.807, 2.05) is 24.3 Å². The standard InChI is InChI=1S/C13H18N2O2/c1-2-11-4-3-5-12(10-11)17-13(16)15-8-6-14-7-9-15/h3-5,10,14H,2,6-9H2,1H3. The lowest BCUT2D eigenvalue weighted by atomic mass is 10.2. The zero-order chi connectivity index (χ0) is 12.1. The zero-order valence-electron chi connectivity index (χ0n) is 10.1. The number of amides is 1. The third-order valence-electron chi connectivity index (χ3n) is 2.89. The number of nitrogens with one attached hydrogen (secondary N) is 1. The van der Waals surface area contributed by atoms with Gasteiger partial charge in [-0.2, -0.15) is 0 Å². The maximum absolute atomic E-state index is 11.8. The largest absolute Gasteiger partial charge is 0.415 e. The molecule has 1 fully saturated rings. The van der Waals surface area contributed by atoms with Crippen LogP contribution >= 0.6 is 0 Å². The molecular formula is C13H18N2O2. The Labute approximate surface area is 102 Å². The van der Waals surface area contributed by atoms with Crippen molar-refractivity contribution in [1.82, 2.24) is 10.2 Å². The number of benzene rings is 1. The van der Waals surface area contributed by atoms with Crippen LogP contribution in [-0.4, -0.2) is 37.2 Å². The molecule has 4 nitrogen and oxygen atoms in total. The SMILES string of the molecule is CCc1cccc(OC(=O)N2CCNCC2)c1. The van der Waals surface area contributed by atoms with Gasteiger partial charge in [0.15, 0.2) is 0 Å². The molecule has 1 N–H and O–H groups in total. The molecule has 17 heavy (non-hydrogen) atoms. The number of carbonyl (C=O) groups is 1. The summed E-state index contributed by atoms with van der Waals surface area (Å²) >= 11 is 0. The first-order chi connectivity index (χ1) is 8.29. The average molecular weight is 234 g/mol. The quantitative estimate of drug-likeness (QED) is 0.846. The second-order valence-corrected chi connectivity index (χ2v) is 4.11. The van der Waals surface area contributed by atoms with E-state index in [1.165, 1.54) is 5.56 Å². The van der Waals surface area contributed by atoms with E-state index in [1.54, 1.807) is 4.90 Å². The maximum Gasteiger partial charge on any atom is 0.415 e. The normalized spacial score (nSPS) is 15.7. The van der Waals surface area contributed by atoms with Gasteiger partial charge in [-0.1, -0.05) is 19.1 Å². The molecule has 0 bridgehead atoms. The van der Waals surface area contributed by atoms with Crippen molar-refractivity contribution in [3.8, 4) is 5.75 Å². The molecule has 0 saturated carbocycles. The predicted octanol–water partition coefficient (Wildman–Crippen LogP) is 1.65. The first-order valence-corrected chi connectivity index (χ1v) is 6.06. The Balaban J connectivity index is 1.96. The summed E-state index contributed by atoms with van der Waals surface area (Å²) in [5.41, 5.74) is 1.18. The fourth-order valence-electron chi connectivity index (χ4n) is 1.84. The number of rotatable bonds is 2. The Kier molecular flexibility index (Phi) is 3.98. The van der Waals surface area contributed by atoms with Crippen LogP contribution in [0.25, 0.3) is 0 Å². The van der Waals surface area contributed by atoms with E-state index in [4.69, 9.17) is 4.74 Å². The van der Waals surface area contributed by atoms with Crippen LogP contribution in [0.2, 0.25) is 0 Å². The van der Waals surface area contributed by atoms with Gasteiger partial charge in [0.1, 0.15) is 5.75 Å². The molecule has 0 spiro atoms. The molecule has 92 valence electrons. The monoisotopic (exact) mass is 234 g/mol. The van der Waals surface area contributed by atoms with Crippen molar-refractivity contribution >= 4 is 6.09 Å². The van der Waals surface area contributed by atoms with Gasteiger partial charge >= 0.3 is 6.09 Å². The lowest BCUT2D eigenvalue weighted by molar-refractivity contribution is 0.146. The molecule has 2 rings (SSSR count). The predicted molar refractivity (Wildman–Crippen MR) is 66.3 cm³/mol. The van der Waals surface area contributed by atoms with Gasteiger partial charge in [-0.3, -0.25) is 0 Å². The van der Waals surface area contributed by atoms with Crippen LogP contribution in [-0.2, 0) is 6.42 Å². The molecule has 1 aliphatic heterocycles. The van der Waals surface area contributed by atoms with Crippen LogP contribution in [0.1, 0.15) is 12.5 Å². The Morgan fingerprint density at radius 3 is 2.88 bits per heavy atom. The smallest absolute Gasteiger partial charge is 0.410 e. The van der Waals surface area contributed by atoms with E-state index in [0.717, 1.165) is 19.5 Å². The van der Waals surface area contributed by atoms with Crippen molar-refractivity contribution in [3.63, 3.8) is 0 Å². The summed E-state index contributed by atoms with van der Waals surface area (Å²) in [6.45, 7) is 5.18. The Hall–Kier alpha value is -1.55. The van der Waals surface area contributed by atoms with Crippen molar-refractivity contribution in [2.45, 2.75) is 13.3 Å². The second kappa shape index (κ2) is 5.68. The number of carbonyl (C=O) groups excluding carboxylic acids is 1. The summed E-state index contributed by atoms with van der Waals surface area (Å²) in [4.78, 5) is 13.6. The van der Waals surface area contributed by atoms with E-state index in [0.29, 0.717) is 18.8 Å². The van der Waals surface area contributed by atoms with Crippen LogP contribution in [0.4, 0.5) is 4.79 Å². The van der Waals surface area contributed by atoms with E-state index >= 15 is 0 Å². The minimum Gasteiger partial charge on any atom is -0.410 e. The summed E-state index contributed by atoms with van der Waals surface area (Å²) in [5.74, 6) is 0.632. The van der Waals surface area contributed by atoms with E-state index in [9.17, 15) is 4.79 Å². The van der Waals surface area contributed by atoms with Crippen LogP contribution in [0.15, 0.2) is 24.3 Å². The fraction of sp³-hybridized carbons (Fsp3) is 0.462. The average Bonchev–Trinajstić information content (AvgIpc) is 2.40. The van der Waals surface area contributed by atoms with Crippen molar-refractivity contribution in [2.24, 2.45) is 0 Å². The molecule has 1 amide bonds. The highest BCUT2D eigenvalue weighted by Crippen LogP contribution is 2.15. The van der Waals surface area contributed by atoms with Gasteiger partial charge < -0.3 is 15.0 Å². The maximum atomic E-state index is 11.8. The van der Waals surface area contributed by atoms with Crippen LogP contribution < -0.4 is 10.1 Å². The van der Waals surface area contributed by atoms with Crippen molar-refractivity contribution in [1.29, 1.82) is 0 Å². The molecule has 0 aliphatic carbocycles. The van der Waals surface area contributed by atoms with Gasteiger partial charge in [0.25, 0.3) is 0 Å². The Morgan fingerprint density at radius 2 is 2.18 bits per heavy atom. The minimum absolute atomic E-state index is 0.250. The van der Waals surface area contributed by atoms with Gasteiger partial charge in [0.2, 0.25) is 0 Å². The Bertz CT molecular complexity index is 387. The van der Waals surface area contributed by atoms with Crippen molar-refractivity contribution in [3.05, 3.63) is 29.8 Å². The Morgan fingerprint density at radius 1 is 1.41 bits per heavy atom. The molecule has 0 radical (unpaired) electrons. The van der Waals surface area contributed by atoms with Crippen LogP contribution in [0.5, 0.6) is 5.75 Å². The minimum atomic E-state index is -0.250. The molecule has 1 heterocycles. The second-order valence-electron chi connectivity index (χ2n) is 4.11. The molecule has 1 aliphatic rings.